The number of furan rings is 2. The molecule has 10 rings (SSSR count). The number of para-hydroxylation sites is 2. The fourth-order valence-corrected chi connectivity index (χ4v) is 7.22. The first-order valence-corrected chi connectivity index (χ1v) is 15.9. The lowest BCUT2D eigenvalue weighted by Gasteiger charge is -2.26. The molecule has 0 atom stereocenters. The number of hydrogen-bond acceptors (Lipinski definition) is 3. The molecule has 0 aliphatic heterocycles. The van der Waals surface area contributed by atoms with Crippen molar-refractivity contribution in [2.24, 2.45) is 0 Å². The van der Waals surface area contributed by atoms with Crippen molar-refractivity contribution in [1.82, 2.24) is 0 Å². The van der Waals surface area contributed by atoms with E-state index in [1.165, 1.54) is 21.9 Å². The molecule has 0 unspecified atom stereocenters. The average molecular weight is 602 g/mol. The van der Waals surface area contributed by atoms with Gasteiger partial charge in [0.15, 0.2) is 5.58 Å². The zero-order valence-corrected chi connectivity index (χ0v) is 25.4. The van der Waals surface area contributed by atoms with Gasteiger partial charge in [-0.2, -0.15) is 0 Å². The Balaban J connectivity index is 1.26. The number of rotatable bonds is 4. The maximum absolute atomic E-state index is 6.89. The lowest BCUT2D eigenvalue weighted by molar-refractivity contribution is 0.668. The summed E-state index contributed by atoms with van der Waals surface area (Å²) in [4.78, 5) is 2.34. The Bertz CT molecular complexity index is 2810. The molecule has 47 heavy (non-hydrogen) atoms. The Kier molecular flexibility index (Phi) is 5.57. The number of hydrogen-bond donors (Lipinski definition) is 0. The van der Waals surface area contributed by atoms with Gasteiger partial charge in [0.25, 0.3) is 0 Å². The van der Waals surface area contributed by atoms with Crippen LogP contribution >= 0.6 is 0 Å². The van der Waals surface area contributed by atoms with Gasteiger partial charge in [-0.1, -0.05) is 115 Å². The molecule has 0 radical (unpaired) electrons. The minimum Gasteiger partial charge on any atom is -0.456 e. The quantitative estimate of drug-likeness (QED) is 0.201. The molecule has 0 aliphatic carbocycles. The lowest BCUT2D eigenvalue weighted by Crippen LogP contribution is -2.10. The van der Waals surface area contributed by atoms with E-state index >= 15 is 0 Å². The third-order valence-electron chi connectivity index (χ3n) is 9.42. The van der Waals surface area contributed by atoms with Crippen LogP contribution in [-0.2, 0) is 0 Å². The highest BCUT2D eigenvalue weighted by atomic mass is 16.3. The second-order valence-corrected chi connectivity index (χ2v) is 12.1. The second-order valence-electron chi connectivity index (χ2n) is 12.1. The van der Waals surface area contributed by atoms with Crippen LogP contribution in [-0.4, -0.2) is 0 Å². The molecule has 0 spiro atoms. The van der Waals surface area contributed by atoms with Crippen molar-refractivity contribution >= 4 is 82.5 Å². The van der Waals surface area contributed by atoms with Gasteiger partial charge in [0.05, 0.1) is 16.8 Å². The monoisotopic (exact) mass is 601 g/mol. The first-order chi connectivity index (χ1) is 23.3. The first kappa shape index (κ1) is 26.0. The Labute approximate surface area is 270 Å². The summed E-state index contributed by atoms with van der Waals surface area (Å²) in [5.74, 6) is 0. The van der Waals surface area contributed by atoms with Gasteiger partial charge >= 0.3 is 0 Å². The van der Waals surface area contributed by atoms with E-state index in [1.807, 2.05) is 12.1 Å². The summed E-state index contributed by atoms with van der Waals surface area (Å²) in [6.45, 7) is 0. The van der Waals surface area contributed by atoms with E-state index in [9.17, 15) is 0 Å². The van der Waals surface area contributed by atoms with Crippen molar-refractivity contribution in [3.05, 3.63) is 164 Å². The molecule has 0 saturated heterocycles. The van der Waals surface area contributed by atoms with Gasteiger partial charge < -0.3 is 13.7 Å². The lowest BCUT2D eigenvalue weighted by atomic mass is 10.0. The number of fused-ring (bicyclic) bond motifs is 9. The average Bonchev–Trinajstić information content (AvgIpc) is 3.72. The van der Waals surface area contributed by atoms with Crippen molar-refractivity contribution in [3.8, 4) is 11.1 Å². The molecule has 8 aromatic carbocycles. The van der Waals surface area contributed by atoms with Crippen molar-refractivity contribution < 1.29 is 8.83 Å². The van der Waals surface area contributed by atoms with Crippen molar-refractivity contribution in [1.29, 1.82) is 0 Å². The van der Waals surface area contributed by atoms with Crippen molar-refractivity contribution in [2.45, 2.75) is 0 Å². The van der Waals surface area contributed by atoms with E-state index in [4.69, 9.17) is 8.83 Å². The van der Waals surface area contributed by atoms with Crippen LogP contribution in [0.2, 0.25) is 0 Å². The highest BCUT2D eigenvalue weighted by molar-refractivity contribution is 6.19. The highest BCUT2D eigenvalue weighted by Gasteiger charge is 2.23. The summed E-state index contributed by atoms with van der Waals surface area (Å²) in [7, 11) is 0. The SMILES string of the molecule is c1ccc(-c2ccc3cc(N(c4cccc5c4oc4c6ccccc6ccc54)c4cccc5oc6ccccc6c45)ccc3c2)cc1. The van der Waals surface area contributed by atoms with Gasteiger partial charge in [0, 0.05) is 27.2 Å². The molecule has 0 saturated carbocycles. The smallest absolute Gasteiger partial charge is 0.159 e. The number of anilines is 3. The largest absolute Gasteiger partial charge is 0.456 e. The third kappa shape index (κ3) is 4.00. The molecule has 0 fully saturated rings. The summed E-state index contributed by atoms with van der Waals surface area (Å²) >= 11 is 0. The van der Waals surface area contributed by atoms with E-state index in [0.29, 0.717) is 0 Å². The molecule has 2 aromatic heterocycles. The van der Waals surface area contributed by atoms with Crippen LogP contribution in [0, 0.1) is 0 Å². The predicted octanol–water partition coefficient (Wildman–Crippen LogP) is 12.9. The summed E-state index contributed by atoms with van der Waals surface area (Å²) in [5.41, 5.74) is 8.94. The van der Waals surface area contributed by atoms with E-state index in [0.717, 1.165) is 71.7 Å². The Morgan fingerprint density at radius 3 is 1.98 bits per heavy atom. The number of nitrogens with zero attached hydrogens (tertiary/aromatic N) is 1. The minimum atomic E-state index is 0.850. The van der Waals surface area contributed by atoms with Crippen molar-refractivity contribution in [3.63, 3.8) is 0 Å². The van der Waals surface area contributed by atoms with Gasteiger partial charge in [-0.05, 0) is 75.8 Å². The van der Waals surface area contributed by atoms with E-state index < -0.39 is 0 Å². The number of benzene rings is 8. The molecular weight excluding hydrogens is 574 g/mol. The van der Waals surface area contributed by atoms with Crippen LogP contribution in [0.4, 0.5) is 17.1 Å². The molecule has 10 aromatic rings. The fraction of sp³-hybridized carbons (Fsp3) is 0. The van der Waals surface area contributed by atoms with Crippen molar-refractivity contribution in [2.75, 3.05) is 4.90 Å². The van der Waals surface area contributed by atoms with E-state index in [1.54, 1.807) is 0 Å². The standard InChI is InChI=1S/C44H27NO2/c1-2-10-28(11-3-1)30-20-21-32-27-33(24-22-31(32)26-30)45(38-16-9-19-41-42(38)37-14-6-7-18-40(37)46-41)39-17-8-15-35-36-25-23-29-12-4-5-13-34(29)43(36)47-44(35)39/h1-27H. The molecule has 0 bridgehead atoms. The van der Waals surface area contributed by atoms with Gasteiger partial charge in [0.2, 0.25) is 0 Å². The molecular formula is C44H27NO2. The second kappa shape index (κ2) is 10.1. The van der Waals surface area contributed by atoms with Gasteiger partial charge in [-0.3, -0.25) is 0 Å². The molecule has 0 amide bonds. The summed E-state index contributed by atoms with van der Waals surface area (Å²) in [6.07, 6.45) is 0. The minimum absolute atomic E-state index is 0.850. The van der Waals surface area contributed by atoms with Crippen LogP contribution < -0.4 is 4.90 Å². The van der Waals surface area contributed by atoms with Crippen LogP contribution in [0.5, 0.6) is 0 Å². The Morgan fingerprint density at radius 1 is 0.362 bits per heavy atom. The molecule has 0 aliphatic rings. The van der Waals surface area contributed by atoms with Crippen LogP contribution in [0.15, 0.2) is 173 Å². The molecule has 3 heteroatoms. The first-order valence-electron chi connectivity index (χ1n) is 15.9. The van der Waals surface area contributed by atoms with Crippen LogP contribution in [0.25, 0.3) is 76.5 Å². The van der Waals surface area contributed by atoms with Gasteiger partial charge in [0.1, 0.15) is 16.7 Å². The topological polar surface area (TPSA) is 29.5 Å². The highest BCUT2D eigenvalue weighted by Crippen LogP contribution is 2.47. The normalized spacial score (nSPS) is 11.8. The molecule has 0 N–H and O–H groups in total. The Morgan fingerprint density at radius 2 is 1.04 bits per heavy atom. The molecule has 220 valence electrons. The van der Waals surface area contributed by atoms with E-state index in [2.05, 4.69) is 157 Å². The summed E-state index contributed by atoms with van der Waals surface area (Å²) < 4.78 is 13.3. The van der Waals surface area contributed by atoms with Crippen LogP contribution in [0.1, 0.15) is 0 Å². The maximum atomic E-state index is 6.89. The van der Waals surface area contributed by atoms with Crippen LogP contribution in [0.3, 0.4) is 0 Å². The molecule has 3 nitrogen and oxygen atoms in total. The summed E-state index contributed by atoms with van der Waals surface area (Å²) in [6, 6.07) is 57.8. The molecule has 2 heterocycles. The Hall–Kier alpha value is -6.32. The zero-order chi connectivity index (χ0) is 30.9. The summed E-state index contributed by atoms with van der Waals surface area (Å²) in [5, 5.41) is 8.98. The van der Waals surface area contributed by atoms with Gasteiger partial charge in [-0.25, -0.2) is 0 Å². The zero-order valence-electron chi connectivity index (χ0n) is 25.4. The fourth-order valence-electron chi connectivity index (χ4n) is 7.22. The van der Waals surface area contributed by atoms with E-state index in [-0.39, 0.29) is 0 Å². The maximum Gasteiger partial charge on any atom is 0.159 e. The predicted molar refractivity (Wildman–Crippen MR) is 196 cm³/mol. The van der Waals surface area contributed by atoms with Gasteiger partial charge in [-0.15, -0.1) is 0 Å². The third-order valence-corrected chi connectivity index (χ3v) is 9.42.